The SMILES string of the molecule is Fc1ccc(Nc2c(-c3ccc(F)cc3)nc3n2CCNC3)cc1. The number of anilines is 2. The highest BCUT2D eigenvalue weighted by atomic mass is 19.1. The van der Waals surface area contributed by atoms with Crippen molar-refractivity contribution >= 4 is 11.5 Å². The van der Waals surface area contributed by atoms with Crippen LogP contribution in [0, 0.1) is 11.6 Å². The van der Waals surface area contributed by atoms with Gasteiger partial charge in [0.2, 0.25) is 0 Å². The fourth-order valence-corrected chi connectivity index (χ4v) is 2.87. The number of aromatic nitrogens is 2. The van der Waals surface area contributed by atoms with Gasteiger partial charge in [-0.3, -0.25) is 0 Å². The van der Waals surface area contributed by atoms with E-state index in [1.165, 1.54) is 24.3 Å². The van der Waals surface area contributed by atoms with Crippen LogP contribution in [0.1, 0.15) is 5.82 Å². The van der Waals surface area contributed by atoms with Gasteiger partial charge in [0.1, 0.15) is 29.0 Å². The maximum absolute atomic E-state index is 13.2. The van der Waals surface area contributed by atoms with Crippen molar-refractivity contribution in [3.05, 3.63) is 66.0 Å². The van der Waals surface area contributed by atoms with E-state index in [1.54, 1.807) is 24.3 Å². The highest BCUT2D eigenvalue weighted by Gasteiger charge is 2.20. The summed E-state index contributed by atoms with van der Waals surface area (Å²) in [7, 11) is 0. The van der Waals surface area contributed by atoms with Gasteiger partial charge >= 0.3 is 0 Å². The lowest BCUT2D eigenvalue weighted by atomic mass is 10.1. The Hall–Kier alpha value is -2.73. The van der Waals surface area contributed by atoms with Crippen LogP contribution in [0.2, 0.25) is 0 Å². The summed E-state index contributed by atoms with van der Waals surface area (Å²) in [5.74, 6) is 1.20. The van der Waals surface area contributed by atoms with Gasteiger partial charge < -0.3 is 15.2 Å². The van der Waals surface area contributed by atoms with Gasteiger partial charge in [0.15, 0.2) is 0 Å². The average Bonchev–Trinajstić information content (AvgIpc) is 2.96. The van der Waals surface area contributed by atoms with E-state index in [-0.39, 0.29) is 11.6 Å². The third-order valence-electron chi connectivity index (χ3n) is 4.07. The fourth-order valence-electron chi connectivity index (χ4n) is 2.87. The predicted octanol–water partition coefficient (Wildman–Crippen LogP) is 3.68. The van der Waals surface area contributed by atoms with E-state index in [9.17, 15) is 8.78 Å². The van der Waals surface area contributed by atoms with E-state index in [1.807, 2.05) is 0 Å². The van der Waals surface area contributed by atoms with Crippen LogP contribution in [-0.4, -0.2) is 16.1 Å². The summed E-state index contributed by atoms with van der Waals surface area (Å²) in [4.78, 5) is 4.71. The normalized spacial score (nSPS) is 13.6. The quantitative estimate of drug-likeness (QED) is 0.771. The molecule has 6 heteroatoms. The largest absolute Gasteiger partial charge is 0.340 e. The molecule has 2 N–H and O–H groups in total. The molecule has 1 aromatic heterocycles. The molecule has 24 heavy (non-hydrogen) atoms. The Morgan fingerprint density at radius 1 is 0.958 bits per heavy atom. The molecule has 0 saturated carbocycles. The first-order valence-corrected chi connectivity index (χ1v) is 7.79. The maximum Gasteiger partial charge on any atom is 0.138 e. The molecule has 1 aliphatic rings. The lowest BCUT2D eigenvalue weighted by molar-refractivity contribution is 0.509. The summed E-state index contributed by atoms with van der Waals surface area (Å²) < 4.78 is 28.5. The molecule has 1 aliphatic heterocycles. The lowest BCUT2D eigenvalue weighted by Crippen LogP contribution is -2.28. The van der Waals surface area contributed by atoms with Crippen LogP contribution >= 0.6 is 0 Å². The molecule has 0 fully saturated rings. The van der Waals surface area contributed by atoms with Crippen LogP contribution in [0.4, 0.5) is 20.3 Å². The van der Waals surface area contributed by atoms with Gasteiger partial charge in [-0.25, -0.2) is 13.8 Å². The van der Waals surface area contributed by atoms with Crippen LogP contribution in [0.25, 0.3) is 11.3 Å². The third kappa shape index (κ3) is 2.76. The molecule has 0 saturated heterocycles. The van der Waals surface area contributed by atoms with E-state index in [4.69, 9.17) is 4.98 Å². The molecule has 122 valence electrons. The van der Waals surface area contributed by atoms with Gasteiger partial charge in [0.25, 0.3) is 0 Å². The highest BCUT2D eigenvalue weighted by Crippen LogP contribution is 2.32. The van der Waals surface area contributed by atoms with Gasteiger partial charge in [0, 0.05) is 24.3 Å². The molecule has 4 nitrogen and oxygen atoms in total. The Morgan fingerprint density at radius 3 is 2.33 bits per heavy atom. The number of hydrogen-bond donors (Lipinski definition) is 2. The summed E-state index contributed by atoms with van der Waals surface area (Å²) in [5, 5.41) is 6.63. The number of nitrogens with zero attached hydrogens (tertiary/aromatic N) is 2. The molecular weight excluding hydrogens is 310 g/mol. The number of hydrogen-bond acceptors (Lipinski definition) is 3. The Morgan fingerprint density at radius 2 is 1.62 bits per heavy atom. The predicted molar refractivity (Wildman–Crippen MR) is 89.0 cm³/mol. The van der Waals surface area contributed by atoms with Crippen molar-refractivity contribution in [1.29, 1.82) is 0 Å². The number of halogens is 2. The van der Waals surface area contributed by atoms with Crippen molar-refractivity contribution in [2.24, 2.45) is 0 Å². The fraction of sp³-hybridized carbons (Fsp3) is 0.167. The van der Waals surface area contributed by atoms with Crippen molar-refractivity contribution in [3.8, 4) is 11.3 Å². The minimum atomic E-state index is -0.280. The summed E-state index contributed by atoms with van der Waals surface area (Å²) >= 11 is 0. The molecule has 2 aromatic carbocycles. The molecular formula is C18H16F2N4. The first-order valence-electron chi connectivity index (χ1n) is 7.79. The van der Waals surface area contributed by atoms with Gasteiger partial charge in [0.05, 0.1) is 6.54 Å². The van der Waals surface area contributed by atoms with E-state index < -0.39 is 0 Å². The average molecular weight is 326 g/mol. The van der Waals surface area contributed by atoms with Crippen LogP contribution in [-0.2, 0) is 13.1 Å². The minimum Gasteiger partial charge on any atom is -0.340 e. The molecule has 0 unspecified atom stereocenters. The molecule has 0 radical (unpaired) electrons. The number of nitrogens with one attached hydrogen (secondary N) is 2. The minimum absolute atomic E-state index is 0.279. The second-order valence-electron chi connectivity index (χ2n) is 5.69. The molecule has 3 aromatic rings. The summed E-state index contributed by atoms with van der Waals surface area (Å²) in [6, 6.07) is 12.5. The summed E-state index contributed by atoms with van der Waals surface area (Å²) in [6.07, 6.45) is 0. The first-order chi connectivity index (χ1) is 11.7. The molecule has 0 amide bonds. The van der Waals surface area contributed by atoms with Gasteiger partial charge in [-0.1, -0.05) is 0 Å². The Balaban J connectivity index is 1.79. The van der Waals surface area contributed by atoms with Crippen molar-refractivity contribution in [3.63, 3.8) is 0 Å². The number of fused-ring (bicyclic) bond motifs is 1. The summed E-state index contributed by atoms with van der Waals surface area (Å²) in [5.41, 5.74) is 2.38. The molecule has 0 aliphatic carbocycles. The molecule has 4 rings (SSSR count). The number of rotatable bonds is 3. The van der Waals surface area contributed by atoms with Gasteiger partial charge in [-0.05, 0) is 48.5 Å². The van der Waals surface area contributed by atoms with Crippen molar-refractivity contribution < 1.29 is 8.78 Å². The van der Waals surface area contributed by atoms with E-state index in [0.29, 0.717) is 6.54 Å². The Bertz CT molecular complexity index is 854. The van der Waals surface area contributed by atoms with Crippen molar-refractivity contribution in [2.45, 2.75) is 13.1 Å². The van der Waals surface area contributed by atoms with Crippen LogP contribution in [0.5, 0.6) is 0 Å². The first kappa shape index (κ1) is 14.8. The molecule has 0 spiro atoms. The zero-order chi connectivity index (χ0) is 16.5. The van der Waals surface area contributed by atoms with Crippen molar-refractivity contribution in [1.82, 2.24) is 14.9 Å². The van der Waals surface area contributed by atoms with E-state index in [0.717, 1.165) is 41.7 Å². The second kappa shape index (κ2) is 6.05. The third-order valence-corrected chi connectivity index (χ3v) is 4.07. The van der Waals surface area contributed by atoms with E-state index >= 15 is 0 Å². The zero-order valence-corrected chi connectivity index (χ0v) is 12.9. The standard InChI is InChI=1S/C18H16F2N4/c19-13-3-1-12(2-4-13)17-18(22-15-7-5-14(20)6-8-15)24-10-9-21-11-16(24)23-17/h1-8,21-22H,9-11H2. The molecule has 0 bridgehead atoms. The smallest absolute Gasteiger partial charge is 0.138 e. The van der Waals surface area contributed by atoms with Crippen molar-refractivity contribution in [2.75, 3.05) is 11.9 Å². The van der Waals surface area contributed by atoms with Crippen LogP contribution < -0.4 is 10.6 Å². The molecule has 0 atom stereocenters. The highest BCUT2D eigenvalue weighted by molar-refractivity contribution is 5.76. The molecule has 2 heterocycles. The topological polar surface area (TPSA) is 41.9 Å². The number of imidazole rings is 1. The second-order valence-corrected chi connectivity index (χ2v) is 5.69. The Labute approximate surface area is 138 Å². The maximum atomic E-state index is 13.2. The monoisotopic (exact) mass is 326 g/mol. The van der Waals surface area contributed by atoms with Crippen LogP contribution in [0.3, 0.4) is 0 Å². The number of benzene rings is 2. The van der Waals surface area contributed by atoms with Gasteiger partial charge in [-0.2, -0.15) is 0 Å². The Kier molecular flexibility index (Phi) is 3.74. The lowest BCUT2D eigenvalue weighted by Gasteiger charge is -2.18. The van der Waals surface area contributed by atoms with E-state index in [2.05, 4.69) is 15.2 Å². The van der Waals surface area contributed by atoms with Crippen LogP contribution in [0.15, 0.2) is 48.5 Å². The summed E-state index contributed by atoms with van der Waals surface area (Å²) in [6.45, 7) is 2.32. The zero-order valence-electron chi connectivity index (χ0n) is 12.9. The van der Waals surface area contributed by atoms with Gasteiger partial charge in [-0.15, -0.1) is 0 Å².